The monoisotopic (exact) mass is 398 g/mol. The van der Waals surface area contributed by atoms with E-state index in [9.17, 15) is 9.18 Å². The lowest BCUT2D eigenvalue weighted by atomic mass is 9.95. The molecule has 23 heavy (non-hydrogen) atoms. The minimum atomic E-state index is -0.457. The molecule has 0 radical (unpaired) electrons. The molecule has 0 saturated heterocycles. The molecule has 0 unspecified atom stereocenters. The van der Waals surface area contributed by atoms with Crippen LogP contribution in [0.2, 0.25) is 0 Å². The summed E-state index contributed by atoms with van der Waals surface area (Å²) < 4.78 is 18.8. The predicted molar refractivity (Wildman–Crippen MR) is 92.2 cm³/mol. The first-order valence-corrected chi connectivity index (χ1v) is 8.48. The molecule has 0 amide bonds. The number of rotatable bonds is 3. The van der Waals surface area contributed by atoms with Gasteiger partial charge in [0.2, 0.25) is 0 Å². The van der Waals surface area contributed by atoms with Crippen molar-refractivity contribution in [2.45, 2.75) is 31.8 Å². The summed E-state index contributed by atoms with van der Waals surface area (Å²) in [4.78, 5) is 14.3. The number of ether oxygens (including phenoxy) is 1. The van der Waals surface area contributed by atoms with Crippen molar-refractivity contribution < 1.29 is 13.9 Å². The van der Waals surface area contributed by atoms with Crippen molar-refractivity contribution >= 4 is 39.2 Å². The van der Waals surface area contributed by atoms with E-state index in [1.54, 1.807) is 12.1 Å². The van der Waals surface area contributed by atoms with Crippen LogP contribution in [0, 0.1) is 5.82 Å². The molecule has 1 aromatic rings. The van der Waals surface area contributed by atoms with E-state index >= 15 is 0 Å². The van der Waals surface area contributed by atoms with Gasteiger partial charge in [-0.25, -0.2) is 9.18 Å². The number of carbonyl (C=O) groups is 1. The number of carbonyl (C=O) groups excluding carboxylic acids is 1. The van der Waals surface area contributed by atoms with Gasteiger partial charge in [0.15, 0.2) is 5.11 Å². The largest absolute Gasteiger partial charge is 0.466 e. The maximum absolute atomic E-state index is 13.5. The second kappa shape index (κ2) is 6.20. The van der Waals surface area contributed by atoms with Gasteiger partial charge in [0.05, 0.1) is 23.2 Å². The van der Waals surface area contributed by atoms with Crippen LogP contribution >= 0.6 is 28.1 Å². The minimum absolute atomic E-state index is 0.342. The highest BCUT2D eigenvalue weighted by Gasteiger charge is 2.40. The highest BCUT2D eigenvalue weighted by Crippen LogP contribution is 2.38. The normalized spacial score (nSPS) is 21.3. The van der Waals surface area contributed by atoms with Crippen LogP contribution in [-0.4, -0.2) is 29.1 Å². The Balaban J connectivity index is 2.08. The number of hydrogen-bond acceptors (Lipinski definition) is 3. The van der Waals surface area contributed by atoms with Gasteiger partial charge in [-0.05, 0) is 65.6 Å². The molecule has 2 aliphatic rings. The van der Waals surface area contributed by atoms with Gasteiger partial charge in [-0.1, -0.05) is 6.07 Å². The highest BCUT2D eigenvalue weighted by molar-refractivity contribution is 9.10. The molecule has 4 nitrogen and oxygen atoms in total. The van der Waals surface area contributed by atoms with Crippen molar-refractivity contribution in [3.05, 3.63) is 45.3 Å². The standard InChI is InChI=1S/C16H16BrFN2O2S/c1-8-13(15(21)22-2)14(9-3-6-12(18)11(17)7-9)19-16(23)20(8)10-4-5-10/h3,6-7,10,14H,4-5H2,1-2H3,(H,19,23)/t14-/m1/s1. The minimum Gasteiger partial charge on any atom is -0.466 e. The third kappa shape index (κ3) is 2.99. The van der Waals surface area contributed by atoms with Crippen molar-refractivity contribution in [2.75, 3.05) is 7.11 Å². The maximum Gasteiger partial charge on any atom is 0.337 e. The van der Waals surface area contributed by atoms with Crippen molar-refractivity contribution in [3.8, 4) is 0 Å². The molecule has 1 heterocycles. The zero-order chi connectivity index (χ0) is 16.7. The Morgan fingerprint density at radius 1 is 1.48 bits per heavy atom. The molecule has 1 saturated carbocycles. The number of thiocarbonyl (C=S) groups is 1. The van der Waals surface area contributed by atoms with E-state index in [2.05, 4.69) is 21.2 Å². The number of esters is 1. The van der Waals surface area contributed by atoms with Crippen LogP contribution in [0.5, 0.6) is 0 Å². The molecule has 1 aromatic carbocycles. The van der Waals surface area contributed by atoms with Gasteiger partial charge in [-0.15, -0.1) is 0 Å². The Hall–Kier alpha value is -1.47. The second-order valence-corrected chi connectivity index (χ2v) is 6.89. The molecular weight excluding hydrogens is 383 g/mol. The fourth-order valence-electron chi connectivity index (χ4n) is 2.85. The van der Waals surface area contributed by atoms with E-state index in [0.29, 0.717) is 21.2 Å². The predicted octanol–water partition coefficient (Wildman–Crippen LogP) is 3.43. The van der Waals surface area contributed by atoms with E-state index < -0.39 is 12.0 Å². The maximum atomic E-state index is 13.5. The average molecular weight is 399 g/mol. The van der Waals surface area contributed by atoms with Gasteiger partial charge in [-0.3, -0.25) is 0 Å². The van der Waals surface area contributed by atoms with Crippen LogP contribution in [0.15, 0.2) is 33.9 Å². The number of hydrogen-bond donors (Lipinski definition) is 1. The number of methoxy groups -OCH3 is 1. The zero-order valence-electron chi connectivity index (χ0n) is 12.7. The Labute approximate surface area is 147 Å². The molecule has 1 aliphatic heterocycles. The van der Waals surface area contributed by atoms with Gasteiger partial charge in [0, 0.05) is 11.7 Å². The number of benzene rings is 1. The van der Waals surface area contributed by atoms with Crippen LogP contribution in [0.25, 0.3) is 0 Å². The molecule has 1 atom stereocenters. The molecule has 122 valence electrons. The first-order valence-electron chi connectivity index (χ1n) is 7.27. The number of allylic oxidation sites excluding steroid dienone is 1. The third-order valence-corrected chi connectivity index (χ3v) is 5.04. The number of nitrogens with zero attached hydrogens (tertiary/aromatic N) is 1. The van der Waals surface area contributed by atoms with Gasteiger partial charge < -0.3 is 15.0 Å². The fraction of sp³-hybridized carbons (Fsp3) is 0.375. The lowest BCUT2D eigenvalue weighted by molar-refractivity contribution is -0.136. The summed E-state index contributed by atoms with van der Waals surface area (Å²) in [5, 5.41) is 3.79. The Morgan fingerprint density at radius 2 is 2.17 bits per heavy atom. The lowest BCUT2D eigenvalue weighted by Gasteiger charge is -2.37. The molecule has 0 bridgehead atoms. The SMILES string of the molecule is COC(=O)C1=C(C)N(C2CC2)C(=S)N[C@@H]1c1ccc(F)c(Br)c1. The Kier molecular flexibility index (Phi) is 4.42. The van der Waals surface area contributed by atoms with E-state index in [1.165, 1.54) is 13.2 Å². The van der Waals surface area contributed by atoms with Crippen molar-refractivity contribution in [1.82, 2.24) is 10.2 Å². The van der Waals surface area contributed by atoms with Crippen LogP contribution in [0.1, 0.15) is 31.4 Å². The first kappa shape index (κ1) is 16.4. The van der Waals surface area contributed by atoms with Gasteiger partial charge >= 0.3 is 5.97 Å². The summed E-state index contributed by atoms with van der Waals surface area (Å²) in [6.07, 6.45) is 2.11. The second-order valence-electron chi connectivity index (χ2n) is 5.65. The fourth-order valence-corrected chi connectivity index (χ4v) is 3.65. The molecule has 3 rings (SSSR count). The first-order chi connectivity index (χ1) is 10.9. The van der Waals surface area contributed by atoms with Crippen LogP contribution in [-0.2, 0) is 9.53 Å². The molecule has 1 fully saturated rings. The van der Waals surface area contributed by atoms with Gasteiger partial charge in [-0.2, -0.15) is 0 Å². The topological polar surface area (TPSA) is 41.6 Å². The quantitative estimate of drug-likeness (QED) is 0.623. The molecule has 0 spiro atoms. The third-order valence-electron chi connectivity index (χ3n) is 4.12. The molecule has 0 aromatic heterocycles. The zero-order valence-corrected chi connectivity index (χ0v) is 15.1. The molecule has 7 heteroatoms. The number of nitrogens with one attached hydrogen (secondary N) is 1. The summed E-state index contributed by atoms with van der Waals surface area (Å²) in [5.41, 5.74) is 2.05. The van der Waals surface area contributed by atoms with Gasteiger partial charge in [0.25, 0.3) is 0 Å². The van der Waals surface area contributed by atoms with Crippen LogP contribution in [0.3, 0.4) is 0 Å². The molecular formula is C16H16BrFN2O2S. The summed E-state index contributed by atoms with van der Waals surface area (Å²) in [7, 11) is 1.36. The van der Waals surface area contributed by atoms with Crippen molar-refractivity contribution in [2.24, 2.45) is 0 Å². The summed E-state index contributed by atoms with van der Waals surface area (Å²) in [6.45, 7) is 1.88. The van der Waals surface area contributed by atoms with E-state index in [-0.39, 0.29) is 5.82 Å². The Bertz CT molecular complexity index is 718. The summed E-state index contributed by atoms with van der Waals surface area (Å²) in [6, 6.07) is 4.54. The van der Waals surface area contributed by atoms with E-state index in [1.807, 2.05) is 11.8 Å². The molecule has 1 N–H and O–H groups in total. The van der Waals surface area contributed by atoms with Crippen LogP contribution < -0.4 is 5.32 Å². The lowest BCUT2D eigenvalue weighted by Crippen LogP contribution is -2.48. The highest BCUT2D eigenvalue weighted by atomic mass is 79.9. The average Bonchev–Trinajstić information content (AvgIpc) is 3.33. The van der Waals surface area contributed by atoms with Crippen molar-refractivity contribution in [1.29, 1.82) is 0 Å². The van der Waals surface area contributed by atoms with Gasteiger partial charge in [0.1, 0.15) is 5.82 Å². The Morgan fingerprint density at radius 3 is 2.74 bits per heavy atom. The van der Waals surface area contributed by atoms with Crippen molar-refractivity contribution in [3.63, 3.8) is 0 Å². The van der Waals surface area contributed by atoms with E-state index in [0.717, 1.165) is 24.1 Å². The molecule has 1 aliphatic carbocycles. The van der Waals surface area contributed by atoms with E-state index in [4.69, 9.17) is 17.0 Å². The number of halogens is 2. The van der Waals surface area contributed by atoms with Crippen LogP contribution in [0.4, 0.5) is 4.39 Å². The smallest absolute Gasteiger partial charge is 0.337 e. The summed E-state index contributed by atoms with van der Waals surface area (Å²) in [5.74, 6) is -0.763. The summed E-state index contributed by atoms with van der Waals surface area (Å²) >= 11 is 8.66.